The molecule has 0 unspecified atom stereocenters. The second-order valence-corrected chi connectivity index (χ2v) is 7.04. The van der Waals surface area contributed by atoms with Crippen LogP contribution in [0, 0.1) is 6.92 Å². The molecule has 0 bridgehead atoms. The quantitative estimate of drug-likeness (QED) is 0.617. The standard InChI is InChI=1S/C21H27NO3/c1-15-7-6-8-18(20(23)24-5)19(15)22-13-14-25-17-11-9-16(10-12-17)21(2,3)4/h6-12,22H,13-14H2,1-5H3. The maximum absolute atomic E-state index is 11.9. The molecule has 0 spiro atoms. The van der Waals surface area contributed by atoms with Crippen molar-refractivity contribution in [1.82, 2.24) is 0 Å². The van der Waals surface area contributed by atoms with E-state index >= 15 is 0 Å². The first kappa shape index (κ1) is 18.8. The molecular formula is C21H27NO3. The zero-order valence-corrected chi connectivity index (χ0v) is 15.7. The van der Waals surface area contributed by atoms with Gasteiger partial charge in [-0.3, -0.25) is 0 Å². The minimum Gasteiger partial charge on any atom is -0.492 e. The molecule has 4 heteroatoms. The molecule has 0 radical (unpaired) electrons. The van der Waals surface area contributed by atoms with Crippen molar-refractivity contribution in [2.75, 3.05) is 25.6 Å². The van der Waals surface area contributed by atoms with E-state index in [2.05, 4.69) is 38.2 Å². The summed E-state index contributed by atoms with van der Waals surface area (Å²) in [6, 6.07) is 13.7. The van der Waals surface area contributed by atoms with Gasteiger partial charge in [-0.05, 0) is 41.7 Å². The van der Waals surface area contributed by atoms with Crippen LogP contribution in [-0.2, 0) is 10.2 Å². The van der Waals surface area contributed by atoms with Crippen molar-refractivity contribution in [3.05, 3.63) is 59.2 Å². The van der Waals surface area contributed by atoms with Crippen LogP contribution in [0.3, 0.4) is 0 Å². The number of hydrogen-bond donors (Lipinski definition) is 1. The second-order valence-electron chi connectivity index (χ2n) is 7.04. The highest BCUT2D eigenvalue weighted by Crippen LogP contribution is 2.24. The fourth-order valence-corrected chi connectivity index (χ4v) is 2.58. The van der Waals surface area contributed by atoms with Crippen molar-refractivity contribution in [3.63, 3.8) is 0 Å². The minimum atomic E-state index is -0.343. The van der Waals surface area contributed by atoms with Crippen molar-refractivity contribution in [3.8, 4) is 5.75 Å². The fourth-order valence-electron chi connectivity index (χ4n) is 2.58. The third-order valence-electron chi connectivity index (χ3n) is 4.07. The van der Waals surface area contributed by atoms with Crippen LogP contribution in [0.25, 0.3) is 0 Å². The molecule has 4 nitrogen and oxygen atoms in total. The van der Waals surface area contributed by atoms with Crippen molar-refractivity contribution in [2.24, 2.45) is 0 Å². The van der Waals surface area contributed by atoms with Gasteiger partial charge >= 0.3 is 5.97 Å². The third kappa shape index (κ3) is 4.99. The van der Waals surface area contributed by atoms with Crippen LogP contribution in [0.1, 0.15) is 42.3 Å². The molecule has 2 aromatic carbocycles. The monoisotopic (exact) mass is 341 g/mol. The topological polar surface area (TPSA) is 47.6 Å². The summed E-state index contributed by atoms with van der Waals surface area (Å²) in [6.45, 7) is 9.62. The molecule has 0 aromatic heterocycles. The van der Waals surface area contributed by atoms with Gasteiger partial charge in [-0.1, -0.05) is 45.0 Å². The van der Waals surface area contributed by atoms with Gasteiger partial charge in [0.2, 0.25) is 0 Å². The van der Waals surface area contributed by atoms with Crippen LogP contribution in [-0.4, -0.2) is 26.2 Å². The summed E-state index contributed by atoms with van der Waals surface area (Å²) in [7, 11) is 1.39. The molecule has 0 saturated heterocycles. The van der Waals surface area contributed by atoms with Gasteiger partial charge in [0.05, 0.1) is 18.4 Å². The number of esters is 1. The Bertz CT molecular complexity index is 715. The number of para-hydroxylation sites is 1. The molecule has 0 saturated carbocycles. The lowest BCUT2D eigenvalue weighted by molar-refractivity contribution is 0.0601. The Kier molecular flexibility index (Phi) is 6.07. The van der Waals surface area contributed by atoms with E-state index in [1.807, 2.05) is 31.2 Å². The average molecular weight is 341 g/mol. The normalized spacial score (nSPS) is 11.1. The first-order chi connectivity index (χ1) is 11.8. The Labute approximate surface area is 150 Å². The molecule has 0 heterocycles. The molecule has 0 amide bonds. The van der Waals surface area contributed by atoms with E-state index < -0.39 is 0 Å². The van der Waals surface area contributed by atoms with E-state index in [1.165, 1.54) is 12.7 Å². The fraction of sp³-hybridized carbons (Fsp3) is 0.381. The highest BCUT2D eigenvalue weighted by Gasteiger charge is 2.14. The lowest BCUT2D eigenvalue weighted by atomic mass is 9.87. The van der Waals surface area contributed by atoms with Crippen LogP contribution < -0.4 is 10.1 Å². The predicted molar refractivity (Wildman–Crippen MR) is 102 cm³/mol. The Morgan fingerprint density at radius 2 is 1.76 bits per heavy atom. The number of hydrogen-bond acceptors (Lipinski definition) is 4. The molecule has 1 N–H and O–H groups in total. The van der Waals surface area contributed by atoms with Crippen molar-refractivity contribution < 1.29 is 14.3 Å². The van der Waals surface area contributed by atoms with Gasteiger partial charge in [0.15, 0.2) is 0 Å². The van der Waals surface area contributed by atoms with Gasteiger partial charge in [0.1, 0.15) is 12.4 Å². The van der Waals surface area contributed by atoms with Crippen LogP contribution in [0.4, 0.5) is 5.69 Å². The number of rotatable bonds is 6. The van der Waals surface area contributed by atoms with E-state index in [0.717, 1.165) is 17.0 Å². The molecular weight excluding hydrogens is 314 g/mol. The van der Waals surface area contributed by atoms with Crippen molar-refractivity contribution in [2.45, 2.75) is 33.1 Å². The van der Waals surface area contributed by atoms with E-state index in [4.69, 9.17) is 9.47 Å². The molecule has 134 valence electrons. The molecule has 25 heavy (non-hydrogen) atoms. The summed E-state index contributed by atoms with van der Waals surface area (Å²) in [4.78, 5) is 11.9. The number of anilines is 1. The summed E-state index contributed by atoms with van der Waals surface area (Å²) in [5.41, 5.74) is 3.74. The van der Waals surface area contributed by atoms with Crippen molar-refractivity contribution >= 4 is 11.7 Å². The van der Waals surface area contributed by atoms with E-state index in [-0.39, 0.29) is 11.4 Å². The Balaban J connectivity index is 1.93. The van der Waals surface area contributed by atoms with E-state index in [9.17, 15) is 4.79 Å². The van der Waals surface area contributed by atoms with Gasteiger partial charge in [-0.25, -0.2) is 4.79 Å². The molecule has 2 rings (SSSR count). The number of methoxy groups -OCH3 is 1. The maximum Gasteiger partial charge on any atom is 0.339 e. The number of benzene rings is 2. The summed E-state index contributed by atoms with van der Waals surface area (Å²) in [5.74, 6) is 0.498. The van der Waals surface area contributed by atoms with E-state index in [0.29, 0.717) is 18.7 Å². The highest BCUT2D eigenvalue weighted by atomic mass is 16.5. The summed E-state index contributed by atoms with van der Waals surface area (Å²) in [6.07, 6.45) is 0. The largest absolute Gasteiger partial charge is 0.492 e. The van der Waals surface area contributed by atoms with Gasteiger partial charge in [0.25, 0.3) is 0 Å². The molecule has 2 aromatic rings. The molecule has 0 fully saturated rings. The lowest BCUT2D eigenvalue weighted by Gasteiger charge is -2.19. The van der Waals surface area contributed by atoms with E-state index in [1.54, 1.807) is 6.07 Å². The Morgan fingerprint density at radius 1 is 1.08 bits per heavy atom. The van der Waals surface area contributed by atoms with Gasteiger partial charge < -0.3 is 14.8 Å². The first-order valence-electron chi connectivity index (χ1n) is 8.48. The number of carbonyl (C=O) groups excluding carboxylic acids is 1. The van der Waals surface area contributed by atoms with Gasteiger partial charge in [-0.2, -0.15) is 0 Å². The maximum atomic E-state index is 11.9. The van der Waals surface area contributed by atoms with Crippen LogP contribution in [0.15, 0.2) is 42.5 Å². The summed E-state index contributed by atoms with van der Waals surface area (Å²) in [5, 5.41) is 3.28. The van der Waals surface area contributed by atoms with Gasteiger partial charge in [-0.15, -0.1) is 0 Å². The highest BCUT2D eigenvalue weighted by molar-refractivity contribution is 5.96. The zero-order chi connectivity index (χ0) is 18.4. The molecule has 0 aliphatic carbocycles. The summed E-state index contributed by atoms with van der Waals surface area (Å²) >= 11 is 0. The number of ether oxygens (including phenoxy) is 2. The summed E-state index contributed by atoms with van der Waals surface area (Å²) < 4.78 is 10.6. The number of aryl methyl sites for hydroxylation is 1. The molecule has 0 aliphatic heterocycles. The Morgan fingerprint density at radius 3 is 2.36 bits per heavy atom. The lowest BCUT2D eigenvalue weighted by Crippen LogP contribution is -2.15. The smallest absolute Gasteiger partial charge is 0.339 e. The minimum absolute atomic E-state index is 0.134. The van der Waals surface area contributed by atoms with Crippen molar-refractivity contribution in [1.29, 1.82) is 0 Å². The average Bonchev–Trinajstić information content (AvgIpc) is 2.58. The first-order valence-corrected chi connectivity index (χ1v) is 8.48. The van der Waals surface area contributed by atoms with Crippen LogP contribution in [0.2, 0.25) is 0 Å². The zero-order valence-electron chi connectivity index (χ0n) is 15.7. The predicted octanol–water partition coefficient (Wildman–Crippen LogP) is 4.57. The number of nitrogens with one attached hydrogen (secondary N) is 1. The molecule has 0 atom stereocenters. The second kappa shape index (κ2) is 8.06. The SMILES string of the molecule is COC(=O)c1cccc(C)c1NCCOc1ccc(C(C)(C)C)cc1. The van der Waals surface area contributed by atoms with Gasteiger partial charge in [0, 0.05) is 6.54 Å². The third-order valence-corrected chi connectivity index (χ3v) is 4.07. The van der Waals surface area contributed by atoms with Crippen LogP contribution >= 0.6 is 0 Å². The Hall–Kier alpha value is -2.49. The number of carbonyl (C=O) groups is 1. The van der Waals surface area contributed by atoms with Crippen LogP contribution in [0.5, 0.6) is 5.75 Å². The molecule has 0 aliphatic rings.